The van der Waals surface area contributed by atoms with Gasteiger partial charge in [0.1, 0.15) is 11.2 Å². The lowest BCUT2D eigenvalue weighted by molar-refractivity contribution is -0.123. The molecule has 0 bridgehead atoms. The third-order valence-electron chi connectivity index (χ3n) is 5.46. The number of allylic oxidation sites excluding steroid dienone is 3. The summed E-state index contributed by atoms with van der Waals surface area (Å²) >= 11 is 0. The molecule has 0 aromatic carbocycles. The van der Waals surface area contributed by atoms with E-state index in [1.54, 1.807) is 11.0 Å². The fraction of sp³-hybridized carbons (Fsp3) is 0.455. The average Bonchev–Trinajstić information content (AvgIpc) is 3.45. The number of nitrogens with one attached hydrogen (secondary N) is 1. The number of pyridine rings is 1. The van der Waals surface area contributed by atoms with Crippen LogP contribution in [-0.4, -0.2) is 23.3 Å². The van der Waals surface area contributed by atoms with Gasteiger partial charge in [-0.25, -0.2) is 4.98 Å². The van der Waals surface area contributed by atoms with E-state index >= 15 is 0 Å². The largest absolute Gasteiger partial charge is 0.311 e. The van der Waals surface area contributed by atoms with Gasteiger partial charge in [0.05, 0.1) is 12.5 Å². The van der Waals surface area contributed by atoms with Gasteiger partial charge in [-0.15, -0.1) is 0 Å². The molecule has 1 atom stereocenters. The van der Waals surface area contributed by atoms with Crippen molar-refractivity contribution in [3.63, 3.8) is 0 Å². The van der Waals surface area contributed by atoms with E-state index < -0.39 is 5.41 Å². The standard InChI is InChI=1S/C22H26N4O2/c1-4-6-16(5-2)12-20(27)25-19-13-18(11-15(3)24-19)26-10-9-22(14-23,21(26)28)17-7-8-17/h4-6,11,13,17H,7-10,12H2,1-3H3,(H,24,25,27)/b6-4-,16-5+/t22-/m1/s1. The Labute approximate surface area is 165 Å². The highest BCUT2D eigenvalue weighted by molar-refractivity contribution is 6.02. The van der Waals surface area contributed by atoms with Crippen LogP contribution < -0.4 is 10.2 Å². The number of amides is 2. The molecule has 2 aliphatic rings. The van der Waals surface area contributed by atoms with Crippen LogP contribution in [0.1, 0.15) is 45.2 Å². The van der Waals surface area contributed by atoms with E-state index in [4.69, 9.17) is 0 Å². The highest BCUT2D eigenvalue weighted by Gasteiger charge is 2.56. The zero-order valence-electron chi connectivity index (χ0n) is 16.7. The normalized spacial score (nSPS) is 22.6. The minimum absolute atomic E-state index is 0.121. The fourth-order valence-electron chi connectivity index (χ4n) is 3.85. The Kier molecular flexibility index (Phi) is 5.64. The van der Waals surface area contributed by atoms with Crippen molar-refractivity contribution in [2.45, 2.75) is 46.5 Å². The lowest BCUT2D eigenvalue weighted by Crippen LogP contribution is -2.35. The molecule has 0 spiro atoms. The Bertz CT molecular complexity index is 892. The van der Waals surface area contributed by atoms with Gasteiger partial charge in [-0.1, -0.05) is 18.2 Å². The zero-order valence-corrected chi connectivity index (χ0v) is 16.7. The number of rotatable bonds is 6. The van der Waals surface area contributed by atoms with Gasteiger partial charge in [-0.3, -0.25) is 9.59 Å². The minimum Gasteiger partial charge on any atom is -0.311 e. The van der Waals surface area contributed by atoms with Crippen LogP contribution in [0.4, 0.5) is 11.5 Å². The lowest BCUT2D eigenvalue weighted by Gasteiger charge is -2.21. The number of nitriles is 1. The molecule has 146 valence electrons. The molecule has 1 saturated carbocycles. The topological polar surface area (TPSA) is 86.1 Å². The van der Waals surface area contributed by atoms with Gasteiger partial charge in [0.2, 0.25) is 11.8 Å². The highest BCUT2D eigenvalue weighted by Crippen LogP contribution is 2.51. The van der Waals surface area contributed by atoms with E-state index in [0.29, 0.717) is 30.2 Å². The van der Waals surface area contributed by atoms with Crippen LogP contribution in [0, 0.1) is 29.6 Å². The molecule has 0 radical (unpaired) electrons. The van der Waals surface area contributed by atoms with Gasteiger partial charge >= 0.3 is 0 Å². The van der Waals surface area contributed by atoms with E-state index in [0.717, 1.165) is 18.4 Å². The molecule has 1 aromatic rings. The van der Waals surface area contributed by atoms with E-state index in [9.17, 15) is 14.9 Å². The van der Waals surface area contributed by atoms with Crippen molar-refractivity contribution >= 4 is 23.3 Å². The highest BCUT2D eigenvalue weighted by atomic mass is 16.2. The van der Waals surface area contributed by atoms with E-state index in [1.165, 1.54) is 0 Å². The van der Waals surface area contributed by atoms with Crippen LogP contribution in [0.15, 0.2) is 35.9 Å². The molecular formula is C22H26N4O2. The summed E-state index contributed by atoms with van der Waals surface area (Å²) in [5.74, 6) is 0.324. The minimum atomic E-state index is -0.881. The molecule has 6 heteroatoms. The van der Waals surface area contributed by atoms with Gasteiger partial charge in [0.15, 0.2) is 0 Å². The molecule has 6 nitrogen and oxygen atoms in total. The molecule has 1 aromatic heterocycles. The second kappa shape index (κ2) is 7.97. The van der Waals surface area contributed by atoms with Crippen LogP contribution in [0.5, 0.6) is 0 Å². The molecule has 2 fully saturated rings. The van der Waals surface area contributed by atoms with Crippen molar-refractivity contribution in [1.82, 2.24) is 4.98 Å². The summed E-state index contributed by atoms with van der Waals surface area (Å²) in [6.45, 7) is 6.15. The molecule has 3 rings (SSSR count). The first kappa shape index (κ1) is 19.8. The van der Waals surface area contributed by atoms with Crippen molar-refractivity contribution in [3.8, 4) is 6.07 Å². The summed E-state index contributed by atoms with van der Waals surface area (Å²) < 4.78 is 0. The Balaban J connectivity index is 1.78. The number of nitrogens with zero attached hydrogens (tertiary/aromatic N) is 3. The Morgan fingerprint density at radius 2 is 2.18 bits per heavy atom. The smallest absolute Gasteiger partial charge is 0.247 e. The third kappa shape index (κ3) is 3.84. The maximum absolute atomic E-state index is 13.0. The molecule has 0 unspecified atom stereocenters. The van der Waals surface area contributed by atoms with Crippen LogP contribution in [0.25, 0.3) is 0 Å². The summed E-state index contributed by atoms with van der Waals surface area (Å²) in [7, 11) is 0. The lowest BCUT2D eigenvalue weighted by atomic mass is 9.83. The van der Waals surface area contributed by atoms with Crippen LogP contribution in [0.2, 0.25) is 0 Å². The van der Waals surface area contributed by atoms with Crippen LogP contribution in [0.3, 0.4) is 0 Å². The summed E-state index contributed by atoms with van der Waals surface area (Å²) in [6, 6.07) is 5.84. The fourth-order valence-corrected chi connectivity index (χ4v) is 3.85. The molecule has 2 amide bonds. The van der Waals surface area contributed by atoms with Crippen LogP contribution >= 0.6 is 0 Å². The predicted octanol–water partition coefficient (Wildman–Crippen LogP) is 3.90. The number of carbonyl (C=O) groups is 2. The number of hydrogen-bond donors (Lipinski definition) is 1. The Hall–Kier alpha value is -2.94. The van der Waals surface area contributed by atoms with Gasteiger partial charge in [0.25, 0.3) is 0 Å². The quantitative estimate of drug-likeness (QED) is 0.761. The first-order valence-electron chi connectivity index (χ1n) is 9.73. The van der Waals surface area contributed by atoms with E-state index in [-0.39, 0.29) is 24.2 Å². The maximum atomic E-state index is 13.0. The van der Waals surface area contributed by atoms with Crippen molar-refractivity contribution in [2.24, 2.45) is 11.3 Å². The first-order chi connectivity index (χ1) is 13.4. The van der Waals surface area contributed by atoms with Gasteiger partial charge < -0.3 is 10.2 Å². The van der Waals surface area contributed by atoms with E-state index in [2.05, 4.69) is 16.4 Å². The van der Waals surface area contributed by atoms with Gasteiger partial charge in [0, 0.05) is 24.0 Å². The van der Waals surface area contributed by atoms with Crippen molar-refractivity contribution in [3.05, 3.63) is 41.6 Å². The second-order valence-electron chi connectivity index (χ2n) is 7.50. The Morgan fingerprint density at radius 3 is 2.79 bits per heavy atom. The van der Waals surface area contributed by atoms with Crippen molar-refractivity contribution < 1.29 is 9.59 Å². The van der Waals surface area contributed by atoms with Crippen molar-refractivity contribution in [2.75, 3.05) is 16.8 Å². The Morgan fingerprint density at radius 1 is 1.43 bits per heavy atom. The molecule has 1 N–H and O–H groups in total. The molecular weight excluding hydrogens is 352 g/mol. The zero-order chi connectivity index (χ0) is 20.3. The second-order valence-corrected chi connectivity index (χ2v) is 7.50. The molecule has 1 aliphatic carbocycles. The number of hydrogen-bond acceptors (Lipinski definition) is 4. The summed E-state index contributed by atoms with van der Waals surface area (Å²) in [5.41, 5.74) is 1.44. The average molecular weight is 378 g/mol. The van der Waals surface area contributed by atoms with Gasteiger partial charge in [-0.2, -0.15) is 5.26 Å². The molecule has 28 heavy (non-hydrogen) atoms. The number of aromatic nitrogens is 1. The predicted molar refractivity (Wildman–Crippen MR) is 109 cm³/mol. The third-order valence-corrected chi connectivity index (χ3v) is 5.46. The van der Waals surface area contributed by atoms with E-state index in [1.807, 2.05) is 45.1 Å². The maximum Gasteiger partial charge on any atom is 0.247 e. The monoisotopic (exact) mass is 378 g/mol. The SMILES string of the molecule is C/C=C\C(=C/C)CC(=O)Nc1cc(N2CC[C@@](C#N)(C3CC3)C2=O)cc(C)n1. The summed E-state index contributed by atoms with van der Waals surface area (Å²) in [6.07, 6.45) is 8.41. The number of carbonyl (C=O) groups excluding carboxylic acids is 2. The molecule has 1 saturated heterocycles. The van der Waals surface area contributed by atoms with Crippen molar-refractivity contribution in [1.29, 1.82) is 5.26 Å². The molecule has 2 heterocycles. The summed E-state index contributed by atoms with van der Waals surface area (Å²) in [4.78, 5) is 31.4. The van der Waals surface area contributed by atoms with Crippen LogP contribution in [-0.2, 0) is 9.59 Å². The summed E-state index contributed by atoms with van der Waals surface area (Å²) in [5, 5.41) is 12.5. The molecule has 1 aliphatic heterocycles. The first-order valence-corrected chi connectivity index (χ1v) is 9.73. The number of anilines is 2. The van der Waals surface area contributed by atoms with Gasteiger partial charge in [-0.05, 0) is 57.6 Å². The number of aryl methyl sites for hydroxylation is 1.